The molecule has 3 heterocycles. The summed E-state index contributed by atoms with van der Waals surface area (Å²) in [6, 6.07) is 12.7. The average Bonchev–Trinajstić information content (AvgIpc) is 3.46. The molecule has 1 unspecified atom stereocenters. The predicted molar refractivity (Wildman–Crippen MR) is 126 cm³/mol. The number of amides is 2. The number of carbonyl (C=O) groups is 2. The number of carbonyl (C=O) groups excluding carboxylic acids is 2. The normalized spacial score (nSPS) is 14.2. The molecule has 0 spiro atoms. The molecule has 4 aromatic rings. The highest BCUT2D eigenvalue weighted by Crippen LogP contribution is 2.30. The lowest BCUT2D eigenvalue weighted by atomic mass is 10.0. The second kappa shape index (κ2) is 8.78. The van der Waals surface area contributed by atoms with Gasteiger partial charge in [0.2, 0.25) is 5.91 Å². The number of aryl methyl sites for hydroxylation is 3. The number of benzene rings is 1. The monoisotopic (exact) mass is 458 g/mol. The topological polar surface area (TPSA) is 110 Å². The van der Waals surface area contributed by atoms with Gasteiger partial charge in [0.15, 0.2) is 0 Å². The summed E-state index contributed by atoms with van der Waals surface area (Å²) in [6.07, 6.45) is 2.32. The molecular formula is C26H26N4O4. The molecule has 174 valence electrons. The van der Waals surface area contributed by atoms with Crippen molar-refractivity contribution in [2.75, 3.05) is 0 Å². The lowest BCUT2D eigenvalue weighted by molar-refractivity contribution is -0.123. The highest BCUT2D eigenvalue weighted by molar-refractivity contribution is 6.08. The first-order valence-corrected chi connectivity index (χ1v) is 11.4. The van der Waals surface area contributed by atoms with Gasteiger partial charge in [-0.1, -0.05) is 35.5 Å². The number of rotatable bonds is 7. The largest absolute Gasteiger partial charge is 0.466 e. The molecule has 0 saturated heterocycles. The van der Waals surface area contributed by atoms with Gasteiger partial charge >= 0.3 is 0 Å². The van der Waals surface area contributed by atoms with Crippen molar-refractivity contribution in [3.63, 3.8) is 0 Å². The van der Waals surface area contributed by atoms with Gasteiger partial charge in [0.1, 0.15) is 17.6 Å². The van der Waals surface area contributed by atoms with Crippen molar-refractivity contribution >= 4 is 22.9 Å². The van der Waals surface area contributed by atoms with E-state index in [1.54, 1.807) is 13.0 Å². The van der Waals surface area contributed by atoms with Gasteiger partial charge in [-0.3, -0.25) is 9.59 Å². The fraction of sp³-hybridized carbons (Fsp3) is 0.308. The van der Waals surface area contributed by atoms with Crippen molar-refractivity contribution < 1.29 is 18.5 Å². The van der Waals surface area contributed by atoms with Crippen LogP contribution >= 0.6 is 0 Å². The molecule has 8 nitrogen and oxygen atoms in total. The molecule has 2 N–H and O–H groups in total. The number of hydrogen-bond donors (Lipinski definition) is 2. The van der Waals surface area contributed by atoms with E-state index in [0.29, 0.717) is 34.5 Å². The summed E-state index contributed by atoms with van der Waals surface area (Å²) in [5.41, 5.74) is 3.46. The Labute approximate surface area is 196 Å². The van der Waals surface area contributed by atoms with Gasteiger partial charge in [0.05, 0.1) is 22.3 Å². The Balaban J connectivity index is 1.50. The first-order valence-electron chi connectivity index (χ1n) is 11.4. The first kappa shape index (κ1) is 21.9. The van der Waals surface area contributed by atoms with Crippen LogP contribution < -0.4 is 10.6 Å². The molecular weight excluding hydrogens is 432 g/mol. The van der Waals surface area contributed by atoms with Gasteiger partial charge in [-0.05, 0) is 51.3 Å². The van der Waals surface area contributed by atoms with E-state index in [0.717, 1.165) is 29.7 Å². The molecule has 3 aromatic heterocycles. The van der Waals surface area contributed by atoms with E-state index in [1.807, 2.05) is 50.2 Å². The third kappa shape index (κ3) is 4.44. The minimum absolute atomic E-state index is 0.187. The van der Waals surface area contributed by atoms with Crippen LogP contribution in [0.15, 0.2) is 51.4 Å². The lowest BCUT2D eigenvalue weighted by Crippen LogP contribution is -2.48. The second-order valence-corrected chi connectivity index (χ2v) is 8.83. The van der Waals surface area contributed by atoms with E-state index >= 15 is 0 Å². The zero-order valence-corrected chi connectivity index (χ0v) is 19.3. The minimum atomic E-state index is -0.722. The molecule has 8 heteroatoms. The maximum Gasteiger partial charge on any atom is 0.259 e. The number of fused-ring (bicyclic) bond motifs is 1. The Morgan fingerprint density at radius 3 is 2.56 bits per heavy atom. The Kier molecular flexibility index (Phi) is 5.65. The molecule has 1 fully saturated rings. The fourth-order valence-corrected chi connectivity index (χ4v) is 4.12. The zero-order chi connectivity index (χ0) is 23.8. The van der Waals surface area contributed by atoms with Gasteiger partial charge in [0.25, 0.3) is 11.6 Å². The molecule has 1 aromatic carbocycles. The van der Waals surface area contributed by atoms with Crippen LogP contribution in [0, 0.1) is 20.8 Å². The number of pyridine rings is 1. The average molecular weight is 459 g/mol. The van der Waals surface area contributed by atoms with Gasteiger partial charge in [-0.15, -0.1) is 0 Å². The Morgan fingerprint density at radius 1 is 1.12 bits per heavy atom. The number of aromatic nitrogens is 2. The zero-order valence-electron chi connectivity index (χ0n) is 19.3. The van der Waals surface area contributed by atoms with E-state index in [-0.39, 0.29) is 23.6 Å². The molecule has 2 amide bonds. The van der Waals surface area contributed by atoms with Gasteiger partial charge in [0, 0.05) is 18.0 Å². The molecule has 34 heavy (non-hydrogen) atoms. The predicted octanol–water partition coefficient (Wildman–Crippen LogP) is 4.03. The Bertz CT molecular complexity index is 1370. The van der Waals surface area contributed by atoms with Gasteiger partial charge in [-0.2, -0.15) is 0 Å². The summed E-state index contributed by atoms with van der Waals surface area (Å²) in [6.45, 7) is 5.46. The summed E-state index contributed by atoms with van der Waals surface area (Å²) >= 11 is 0. The molecule has 5 rings (SSSR count). The highest BCUT2D eigenvalue weighted by atomic mass is 16.5. The summed E-state index contributed by atoms with van der Waals surface area (Å²) in [5.74, 6) is 0.866. The standard InChI is InChI=1S/C26H26N4O4/c1-14-11-19(16(3)33-14)21-13-20(23-15(2)30-34-26(23)29-21)24(31)28-22(25(32)27-18-9-10-18)12-17-7-5-4-6-8-17/h4-8,11,13,18,22H,9-10,12H2,1-3H3,(H,27,32)(H,28,31). The summed E-state index contributed by atoms with van der Waals surface area (Å²) in [5, 5.41) is 10.5. The smallest absolute Gasteiger partial charge is 0.259 e. The Hall–Kier alpha value is -3.94. The van der Waals surface area contributed by atoms with Crippen LogP contribution in [-0.4, -0.2) is 34.0 Å². The van der Waals surface area contributed by atoms with E-state index in [2.05, 4.69) is 20.8 Å². The number of nitrogens with one attached hydrogen (secondary N) is 2. The second-order valence-electron chi connectivity index (χ2n) is 8.83. The van der Waals surface area contributed by atoms with Crippen LogP contribution in [0.3, 0.4) is 0 Å². The van der Waals surface area contributed by atoms with Crippen molar-refractivity contribution in [2.45, 2.75) is 52.1 Å². The maximum atomic E-state index is 13.6. The maximum absolute atomic E-state index is 13.6. The number of furan rings is 1. The van der Waals surface area contributed by atoms with Gasteiger partial charge < -0.3 is 19.6 Å². The van der Waals surface area contributed by atoms with Crippen LogP contribution in [0.25, 0.3) is 22.4 Å². The van der Waals surface area contributed by atoms with Crippen molar-refractivity contribution in [3.05, 3.63) is 70.8 Å². The number of hydrogen-bond acceptors (Lipinski definition) is 6. The minimum Gasteiger partial charge on any atom is -0.466 e. The first-order chi connectivity index (χ1) is 16.4. The molecule has 1 atom stereocenters. The van der Waals surface area contributed by atoms with E-state index in [4.69, 9.17) is 8.94 Å². The summed E-state index contributed by atoms with van der Waals surface area (Å²) in [4.78, 5) is 31.1. The van der Waals surface area contributed by atoms with E-state index in [1.165, 1.54) is 0 Å². The fourth-order valence-electron chi connectivity index (χ4n) is 4.12. The van der Waals surface area contributed by atoms with Crippen molar-refractivity contribution in [1.29, 1.82) is 0 Å². The van der Waals surface area contributed by atoms with Crippen molar-refractivity contribution in [2.24, 2.45) is 0 Å². The van der Waals surface area contributed by atoms with E-state index in [9.17, 15) is 9.59 Å². The van der Waals surface area contributed by atoms with Crippen LogP contribution in [-0.2, 0) is 11.2 Å². The molecule has 1 saturated carbocycles. The van der Waals surface area contributed by atoms with Crippen LogP contribution in [0.4, 0.5) is 0 Å². The quantitative estimate of drug-likeness (QED) is 0.433. The van der Waals surface area contributed by atoms with Crippen molar-refractivity contribution in [3.8, 4) is 11.3 Å². The summed E-state index contributed by atoms with van der Waals surface area (Å²) in [7, 11) is 0. The third-order valence-corrected chi connectivity index (χ3v) is 6.01. The lowest BCUT2D eigenvalue weighted by Gasteiger charge is -2.19. The van der Waals surface area contributed by atoms with Crippen LogP contribution in [0.2, 0.25) is 0 Å². The molecule has 1 aliphatic rings. The van der Waals surface area contributed by atoms with Crippen molar-refractivity contribution in [1.82, 2.24) is 20.8 Å². The molecule has 0 bridgehead atoms. The molecule has 1 aliphatic carbocycles. The molecule has 0 aliphatic heterocycles. The van der Waals surface area contributed by atoms with Gasteiger partial charge in [-0.25, -0.2) is 4.98 Å². The Morgan fingerprint density at radius 2 is 1.88 bits per heavy atom. The number of nitrogens with zero attached hydrogens (tertiary/aromatic N) is 2. The summed E-state index contributed by atoms with van der Waals surface area (Å²) < 4.78 is 11.1. The van der Waals surface area contributed by atoms with Crippen LogP contribution in [0.5, 0.6) is 0 Å². The van der Waals surface area contributed by atoms with E-state index < -0.39 is 6.04 Å². The highest BCUT2D eigenvalue weighted by Gasteiger charge is 2.30. The molecule has 0 radical (unpaired) electrons. The van der Waals surface area contributed by atoms with Crippen LogP contribution in [0.1, 0.15) is 46.0 Å². The third-order valence-electron chi connectivity index (χ3n) is 6.01. The SMILES string of the molecule is Cc1cc(-c2cc(C(=O)NC(Cc3ccccc3)C(=O)NC3CC3)c3c(C)noc3n2)c(C)o1.